The molecular weight excluding hydrogens is 290 g/mol. The van der Waals surface area contributed by atoms with Gasteiger partial charge in [-0.3, -0.25) is 0 Å². The minimum Gasteiger partial charge on any atom is -0.480 e. The Hall–Kier alpha value is -0.950. The number of urea groups is 1. The number of amides is 2. The Morgan fingerprint density at radius 3 is 2.48 bits per heavy atom. The van der Waals surface area contributed by atoms with E-state index in [9.17, 15) is 9.59 Å². The number of likely N-dealkylation sites (tertiary alicyclic amines) is 1. The lowest BCUT2D eigenvalue weighted by Gasteiger charge is -2.33. The summed E-state index contributed by atoms with van der Waals surface area (Å²) in [6.07, 6.45) is 4.35. The van der Waals surface area contributed by atoms with Crippen molar-refractivity contribution in [1.82, 2.24) is 15.1 Å². The van der Waals surface area contributed by atoms with Crippen molar-refractivity contribution >= 4 is 23.8 Å². The molecule has 0 aliphatic carbocycles. The molecule has 0 aromatic rings. The zero-order valence-electron chi connectivity index (χ0n) is 13.2. The molecule has 0 aromatic carbocycles. The van der Waals surface area contributed by atoms with Gasteiger partial charge in [-0.1, -0.05) is 0 Å². The number of nitrogens with zero attached hydrogens (tertiary/aromatic N) is 2. The first kappa shape index (κ1) is 18.1. The Labute approximate surface area is 131 Å². The van der Waals surface area contributed by atoms with E-state index in [0.717, 1.165) is 25.1 Å². The lowest BCUT2D eigenvalue weighted by atomic mass is 9.96. The zero-order valence-corrected chi connectivity index (χ0v) is 14.0. The largest absolute Gasteiger partial charge is 0.480 e. The summed E-state index contributed by atoms with van der Waals surface area (Å²) in [7, 11) is 4.12. The number of aliphatic carboxylic acids is 1. The number of nitrogens with one attached hydrogen (secondary N) is 1. The quantitative estimate of drug-likeness (QED) is 0.737. The summed E-state index contributed by atoms with van der Waals surface area (Å²) in [6.45, 7) is 2.46. The van der Waals surface area contributed by atoms with Gasteiger partial charge >= 0.3 is 12.0 Å². The normalized spacial score (nSPS) is 17.8. The lowest BCUT2D eigenvalue weighted by molar-refractivity contribution is -0.139. The van der Waals surface area contributed by atoms with Crippen LogP contribution in [0.1, 0.15) is 19.3 Å². The van der Waals surface area contributed by atoms with Crippen LogP contribution >= 0.6 is 11.8 Å². The fraction of sp³-hybridized carbons (Fsp3) is 0.857. The fourth-order valence-corrected chi connectivity index (χ4v) is 3.04. The average molecular weight is 317 g/mol. The highest BCUT2D eigenvalue weighted by Gasteiger charge is 2.26. The summed E-state index contributed by atoms with van der Waals surface area (Å²) < 4.78 is 0. The molecule has 122 valence electrons. The Bertz CT molecular complexity index is 344. The Kier molecular flexibility index (Phi) is 7.88. The van der Waals surface area contributed by atoms with Crippen molar-refractivity contribution in [2.45, 2.75) is 25.3 Å². The first-order valence-corrected chi connectivity index (χ1v) is 8.75. The molecule has 6 nitrogen and oxygen atoms in total. The molecule has 0 saturated carbocycles. The van der Waals surface area contributed by atoms with Gasteiger partial charge in [-0.05, 0) is 51.3 Å². The van der Waals surface area contributed by atoms with Crippen LogP contribution in [0.25, 0.3) is 0 Å². The fourth-order valence-electron chi connectivity index (χ4n) is 2.57. The van der Waals surface area contributed by atoms with Crippen LogP contribution in [-0.4, -0.2) is 78.7 Å². The second-order valence-corrected chi connectivity index (χ2v) is 6.80. The van der Waals surface area contributed by atoms with Crippen LogP contribution in [0.5, 0.6) is 0 Å². The minimum absolute atomic E-state index is 0.244. The second-order valence-electron chi connectivity index (χ2n) is 5.81. The van der Waals surface area contributed by atoms with Gasteiger partial charge in [-0.25, -0.2) is 9.59 Å². The molecule has 0 bridgehead atoms. The van der Waals surface area contributed by atoms with Crippen molar-refractivity contribution in [3.8, 4) is 0 Å². The van der Waals surface area contributed by atoms with E-state index in [1.807, 2.05) is 6.26 Å². The molecule has 1 aliphatic rings. The van der Waals surface area contributed by atoms with Crippen LogP contribution in [0.2, 0.25) is 0 Å². The van der Waals surface area contributed by atoms with Gasteiger partial charge in [0.25, 0.3) is 0 Å². The van der Waals surface area contributed by atoms with E-state index in [1.54, 1.807) is 16.7 Å². The maximum atomic E-state index is 12.1. The molecule has 1 heterocycles. The van der Waals surface area contributed by atoms with E-state index in [1.165, 1.54) is 0 Å². The van der Waals surface area contributed by atoms with Gasteiger partial charge in [-0.2, -0.15) is 11.8 Å². The lowest BCUT2D eigenvalue weighted by Crippen LogP contribution is -2.50. The summed E-state index contributed by atoms with van der Waals surface area (Å²) in [6, 6.07) is -1.03. The van der Waals surface area contributed by atoms with Gasteiger partial charge in [0.05, 0.1) is 0 Å². The second kappa shape index (κ2) is 9.15. The predicted octanol–water partition coefficient (Wildman–Crippen LogP) is 1.18. The molecule has 0 radical (unpaired) electrons. The zero-order chi connectivity index (χ0) is 15.8. The SMILES string of the molecule is CSCCC(NC(=O)N1CCC(CN(C)C)CC1)C(=O)O. The van der Waals surface area contributed by atoms with E-state index < -0.39 is 12.0 Å². The van der Waals surface area contributed by atoms with Crippen LogP contribution in [0.15, 0.2) is 0 Å². The van der Waals surface area contributed by atoms with Crippen molar-refractivity contribution in [3.63, 3.8) is 0 Å². The first-order valence-electron chi connectivity index (χ1n) is 7.36. The summed E-state index contributed by atoms with van der Waals surface area (Å²) >= 11 is 1.58. The third kappa shape index (κ3) is 6.56. The maximum Gasteiger partial charge on any atom is 0.326 e. The molecule has 2 N–H and O–H groups in total. The van der Waals surface area contributed by atoms with E-state index >= 15 is 0 Å². The van der Waals surface area contributed by atoms with Gasteiger partial charge in [0, 0.05) is 19.6 Å². The third-order valence-corrected chi connectivity index (χ3v) is 4.38. The average Bonchev–Trinajstić information content (AvgIpc) is 2.43. The molecule has 2 amide bonds. The van der Waals surface area contributed by atoms with Crippen molar-refractivity contribution in [3.05, 3.63) is 0 Å². The Balaban J connectivity index is 2.40. The summed E-state index contributed by atoms with van der Waals surface area (Å²) in [5.74, 6) is 0.387. The maximum absolute atomic E-state index is 12.1. The number of carboxylic acid groups (broad SMARTS) is 1. The molecule has 1 unspecified atom stereocenters. The van der Waals surface area contributed by atoms with Crippen LogP contribution in [0, 0.1) is 5.92 Å². The smallest absolute Gasteiger partial charge is 0.326 e. The van der Waals surface area contributed by atoms with Crippen molar-refractivity contribution in [2.75, 3.05) is 45.7 Å². The molecule has 1 saturated heterocycles. The van der Waals surface area contributed by atoms with Crippen LogP contribution in [0.3, 0.4) is 0 Å². The van der Waals surface area contributed by atoms with E-state index in [4.69, 9.17) is 5.11 Å². The van der Waals surface area contributed by atoms with E-state index in [2.05, 4.69) is 24.3 Å². The number of thioether (sulfide) groups is 1. The Morgan fingerprint density at radius 1 is 1.38 bits per heavy atom. The summed E-state index contributed by atoms with van der Waals surface area (Å²) in [4.78, 5) is 27.2. The summed E-state index contributed by atoms with van der Waals surface area (Å²) in [5.41, 5.74) is 0. The highest BCUT2D eigenvalue weighted by atomic mass is 32.2. The van der Waals surface area contributed by atoms with Crippen LogP contribution in [-0.2, 0) is 4.79 Å². The highest BCUT2D eigenvalue weighted by molar-refractivity contribution is 7.98. The van der Waals surface area contributed by atoms with E-state index in [0.29, 0.717) is 25.4 Å². The molecule has 1 atom stereocenters. The number of carbonyl (C=O) groups is 2. The number of carboxylic acids is 1. The van der Waals surface area contributed by atoms with Gasteiger partial charge in [-0.15, -0.1) is 0 Å². The number of carbonyl (C=O) groups excluding carboxylic acids is 1. The molecule has 1 aliphatic heterocycles. The molecule has 1 rings (SSSR count). The molecule has 21 heavy (non-hydrogen) atoms. The van der Waals surface area contributed by atoms with Gasteiger partial charge < -0.3 is 20.2 Å². The monoisotopic (exact) mass is 317 g/mol. The van der Waals surface area contributed by atoms with Crippen LogP contribution in [0.4, 0.5) is 4.79 Å². The number of hydrogen-bond donors (Lipinski definition) is 2. The van der Waals surface area contributed by atoms with Gasteiger partial charge in [0.15, 0.2) is 0 Å². The summed E-state index contributed by atoms with van der Waals surface area (Å²) in [5, 5.41) is 11.8. The minimum atomic E-state index is -0.958. The van der Waals surface area contributed by atoms with Crippen molar-refractivity contribution in [1.29, 1.82) is 0 Å². The number of rotatable bonds is 7. The number of piperidine rings is 1. The molecule has 0 spiro atoms. The molecule has 1 fully saturated rings. The van der Waals surface area contributed by atoms with Crippen molar-refractivity contribution < 1.29 is 14.7 Å². The molecular formula is C14H27N3O3S. The highest BCUT2D eigenvalue weighted by Crippen LogP contribution is 2.17. The predicted molar refractivity (Wildman–Crippen MR) is 85.8 cm³/mol. The van der Waals surface area contributed by atoms with Crippen molar-refractivity contribution in [2.24, 2.45) is 5.92 Å². The molecule has 7 heteroatoms. The first-order chi connectivity index (χ1) is 9.93. The number of hydrogen-bond acceptors (Lipinski definition) is 4. The standard InChI is InChI=1S/C14H27N3O3S/c1-16(2)10-11-4-7-17(8-5-11)14(20)15-12(13(18)19)6-9-21-3/h11-12H,4-10H2,1-3H3,(H,15,20)(H,18,19). The van der Waals surface area contributed by atoms with Crippen LogP contribution < -0.4 is 5.32 Å². The molecule has 0 aromatic heterocycles. The topological polar surface area (TPSA) is 72.9 Å². The van der Waals surface area contributed by atoms with E-state index in [-0.39, 0.29) is 6.03 Å². The third-order valence-electron chi connectivity index (χ3n) is 3.73. The van der Waals surface area contributed by atoms with Gasteiger partial charge in [0.2, 0.25) is 0 Å². The Morgan fingerprint density at radius 2 is 2.00 bits per heavy atom. The van der Waals surface area contributed by atoms with Gasteiger partial charge in [0.1, 0.15) is 6.04 Å².